The van der Waals surface area contributed by atoms with Gasteiger partial charge in [0.1, 0.15) is 18.1 Å². The zero-order chi connectivity index (χ0) is 14.9. The highest BCUT2D eigenvalue weighted by molar-refractivity contribution is 5.92. The van der Waals surface area contributed by atoms with Gasteiger partial charge in [-0.05, 0) is 24.3 Å². The molecular formula is C15H13F2NO3. The Kier molecular flexibility index (Phi) is 3.37. The van der Waals surface area contributed by atoms with E-state index in [-0.39, 0.29) is 12.4 Å². The van der Waals surface area contributed by atoms with Crippen LogP contribution in [0.5, 0.6) is 5.75 Å². The lowest BCUT2D eigenvalue weighted by molar-refractivity contribution is -0.113. The summed E-state index contributed by atoms with van der Waals surface area (Å²) in [5.41, 5.74) is 0. The number of nitrogens with zero attached hydrogens (tertiary/aromatic N) is 1. The van der Waals surface area contributed by atoms with Crippen LogP contribution in [0.25, 0.3) is 0 Å². The van der Waals surface area contributed by atoms with E-state index in [4.69, 9.17) is 9.15 Å². The minimum Gasteiger partial charge on any atom is -0.486 e. The minimum atomic E-state index is -2.78. The lowest BCUT2D eigenvalue weighted by atomic mass is 10.1. The van der Waals surface area contributed by atoms with Gasteiger partial charge in [0.05, 0.1) is 13.1 Å². The molecule has 3 rings (SSSR count). The number of para-hydroxylation sites is 1. The van der Waals surface area contributed by atoms with Gasteiger partial charge in [-0.1, -0.05) is 18.2 Å². The number of ether oxygens (including phenoxy) is 1. The molecule has 0 saturated carbocycles. The van der Waals surface area contributed by atoms with Crippen molar-refractivity contribution in [2.75, 3.05) is 13.1 Å². The van der Waals surface area contributed by atoms with Crippen molar-refractivity contribution in [2.24, 2.45) is 0 Å². The van der Waals surface area contributed by atoms with E-state index < -0.39 is 24.9 Å². The molecule has 2 heterocycles. The summed E-state index contributed by atoms with van der Waals surface area (Å²) in [6.07, 6.45) is 0. The van der Waals surface area contributed by atoms with Crippen molar-refractivity contribution < 1.29 is 22.7 Å². The molecule has 6 heteroatoms. The summed E-state index contributed by atoms with van der Waals surface area (Å²) < 4.78 is 36.3. The first-order chi connectivity index (χ1) is 10.0. The SMILES string of the molecule is O=C(c1ccc(COc2ccccc2)o1)N1CC(F)(F)C1. The second kappa shape index (κ2) is 5.20. The topological polar surface area (TPSA) is 42.7 Å². The van der Waals surface area contributed by atoms with Gasteiger partial charge >= 0.3 is 0 Å². The van der Waals surface area contributed by atoms with Crippen molar-refractivity contribution in [3.05, 3.63) is 54.0 Å². The number of alkyl halides is 2. The summed E-state index contributed by atoms with van der Waals surface area (Å²) >= 11 is 0. The zero-order valence-electron chi connectivity index (χ0n) is 11.1. The van der Waals surface area contributed by atoms with Crippen LogP contribution in [-0.4, -0.2) is 29.8 Å². The monoisotopic (exact) mass is 293 g/mol. The number of amides is 1. The Morgan fingerprint density at radius 3 is 2.57 bits per heavy atom. The standard InChI is InChI=1S/C15H13F2NO3/c16-15(17)9-18(10-15)14(19)13-7-6-12(21-13)8-20-11-4-2-1-3-5-11/h1-7H,8-10H2. The van der Waals surface area contributed by atoms with Gasteiger partial charge in [0.25, 0.3) is 11.8 Å². The number of likely N-dealkylation sites (tertiary alicyclic amines) is 1. The summed E-state index contributed by atoms with van der Waals surface area (Å²) in [4.78, 5) is 12.9. The average molecular weight is 293 g/mol. The Labute approximate surface area is 119 Å². The van der Waals surface area contributed by atoms with Gasteiger partial charge in [0, 0.05) is 0 Å². The summed E-state index contributed by atoms with van der Waals surface area (Å²) in [5, 5.41) is 0. The maximum absolute atomic E-state index is 12.7. The number of rotatable bonds is 4. The number of hydrogen-bond acceptors (Lipinski definition) is 3. The summed E-state index contributed by atoms with van der Waals surface area (Å²) in [5.74, 6) is -2.09. The van der Waals surface area contributed by atoms with Crippen LogP contribution in [0.2, 0.25) is 0 Å². The molecule has 0 radical (unpaired) electrons. The van der Waals surface area contributed by atoms with Gasteiger partial charge in [-0.25, -0.2) is 8.78 Å². The largest absolute Gasteiger partial charge is 0.486 e. The molecule has 1 aromatic carbocycles. The van der Waals surface area contributed by atoms with Crippen LogP contribution in [0, 0.1) is 0 Å². The third-order valence-electron chi connectivity index (χ3n) is 3.13. The third-order valence-corrected chi connectivity index (χ3v) is 3.13. The first-order valence-corrected chi connectivity index (χ1v) is 6.47. The van der Waals surface area contributed by atoms with E-state index in [1.54, 1.807) is 18.2 Å². The van der Waals surface area contributed by atoms with E-state index in [1.165, 1.54) is 6.07 Å². The van der Waals surface area contributed by atoms with E-state index in [9.17, 15) is 13.6 Å². The number of halogens is 2. The highest BCUT2D eigenvalue weighted by Gasteiger charge is 2.47. The maximum atomic E-state index is 12.7. The molecule has 1 aromatic heterocycles. The fourth-order valence-electron chi connectivity index (χ4n) is 2.05. The fraction of sp³-hybridized carbons (Fsp3) is 0.267. The zero-order valence-corrected chi connectivity index (χ0v) is 11.1. The summed E-state index contributed by atoms with van der Waals surface area (Å²) in [7, 11) is 0. The predicted molar refractivity (Wildman–Crippen MR) is 70.3 cm³/mol. The smallest absolute Gasteiger partial charge is 0.289 e. The summed E-state index contributed by atoms with van der Waals surface area (Å²) in [6.45, 7) is -0.932. The van der Waals surface area contributed by atoms with Crippen LogP contribution < -0.4 is 4.74 Å². The van der Waals surface area contributed by atoms with Gasteiger partial charge in [-0.2, -0.15) is 0 Å². The molecule has 0 atom stereocenters. The first-order valence-electron chi connectivity index (χ1n) is 6.47. The highest BCUT2D eigenvalue weighted by Crippen LogP contribution is 2.28. The second-order valence-corrected chi connectivity index (χ2v) is 4.88. The van der Waals surface area contributed by atoms with Crippen molar-refractivity contribution in [1.82, 2.24) is 4.90 Å². The van der Waals surface area contributed by atoms with Gasteiger partial charge in [-0.15, -0.1) is 0 Å². The molecule has 21 heavy (non-hydrogen) atoms. The normalized spacial score (nSPS) is 16.4. The Bertz CT molecular complexity index is 631. The van der Waals surface area contributed by atoms with E-state index in [0.717, 1.165) is 4.90 Å². The molecule has 0 N–H and O–H groups in total. The number of benzene rings is 1. The molecule has 1 aliphatic rings. The number of carbonyl (C=O) groups is 1. The van der Waals surface area contributed by atoms with Crippen LogP contribution in [0.4, 0.5) is 8.78 Å². The molecule has 1 aliphatic heterocycles. The van der Waals surface area contributed by atoms with Crippen LogP contribution in [0.3, 0.4) is 0 Å². The van der Waals surface area contributed by atoms with Gasteiger partial charge in [0.15, 0.2) is 5.76 Å². The minimum absolute atomic E-state index is 0.0529. The van der Waals surface area contributed by atoms with Crippen LogP contribution >= 0.6 is 0 Å². The number of hydrogen-bond donors (Lipinski definition) is 0. The second-order valence-electron chi connectivity index (χ2n) is 4.88. The number of carbonyl (C=O) groups excluding carboxylic acids is 1. The van der Waals surface area contributed by atoms with Crippen molar-refractivity contribution in [1.29, 1.82) is 0 Å². The average Bonchev–Trinajstić information content (AvgIpc) is 2.92. The van der Waals surface area contributed by atoms with E-state index in [2.05, 4.69) is 0 Å². The molecular weight excluding hydrogens is 280 g/mol. The van der Waals surface area contributed by atoms with Crippen LogP contribution in [0.1, 0.15) is 16.3 Å². The summed E-state index contributed by atoms with van der Waals surface area (Å²) in [6, 6.07) is 12.2. The molecule has 1 amide bonds. The van der Waals surface area contributed by atoms with Crippen molar-refractivity contribution in [3.63, 3.8) is 0 Å². The lowest BCUT2D eigenvalue weighted by Gasteiger charge is -2.37. The fourth-order valence-corrected chi connectivity index (χ4v) is 2.05. The predicted octanol–water partition coefficient (Wildman–Crippen LogP) is 2.95. The first kappa shape index (κ1) is 13.6. The Morgan fingerprint density at radius 2 is 1.90 bits per heavy atom. The van der Waals surface area contributed by atoms with E-state index in [0.29, 0.717) is 11.5 Å². The Morgan fingerprint density at radius 1 is 1.19 bits per heavy atom. The molecule has 0 unspecified atom stereocenters. The molecule has 0 bridgehead atoms. The van der Waals surface area contributed by atoms with E-state index >= 15 is 0 Å². The van der Waals surface area contributed by atoms with Crippen molar-refractivity contribution in [3.8, 4) is 5.75 Å². The number of furan rings is 1. The molecule has 110 valence electrons. The molecule has 2 aromatic rings. The molecule has 1 fully saturated rings. The molecule has 4 nitrogen and oxygen atoms in total. The van der Waals surface area contributed by atoms with Gasteiger partial charge in [-0.3, -0.25) is 4.79 Å². The quantitative estimate of drug-likeness (QED) is 0.870. The molecule has 0 spiro atoms. The van der Waals surface area contributed by atoms with E-state index in [1.807, 2.05) is 18.2 Å². The Balaban J connectivity index is 1.58. The Hall–Kier alpha value is -2.37. The lowest BCUT2D eigenvalue weighted by Crippen LogP contribution is -2.58. The van der Waals surface area contributed by atoms with Gasteiger partial charge < -0.3 is 14.1 Å². The molecule has 1 saturated heterocycles. The van der Waals surface area contributed by atoms with Crippen LogP contribution in [-0.2, 0) is 6.61 Å². The van der Waals surface area contributed by atoms with Crippen molar-refractivity contribution in [2.45, 2.75) is 12.5 Å². The van der Waals surface area contributed by atoms with Gasteiger partial charge in [0.2, 0.25) is 0 Å². The van der Waals surface area contributed by atoms with Crippen LogP contribution in [0.15, 0.2) is 46.9 Å². The third kappa shape index (κ3) is 3.04. The maximum Gasteiger partial charge on any atom is 0.289 e. The molecule has 0 aliphatic carbocycles. The highest BCUT2D eigenvalue weighted by atomic mass is 19.3. The van der Waals surface area contributed by atoms with Crippen molar-refractivity contribution >= 4 is 5.91 Å².